The molecule has 0 unspecified atom stereocenters. The van der Waals surface area contributed by atoms with E-state index in [0.29, 0.717) is 11.9 Å². The summed E-state index contributed by atoms with van der Waals surface area (Å²) in [5, 5.41) is 3.25. The van der Waals surface area contributed by atoms with Crippen molar-refractivity contribution < 1.29 is 9.53 Å². The van der Waals surface area contributed by atoms with Gasteiger partial charge in [-0.15, -0.1) is 0 Å². The van der Waals surface area contributed by atoms with Crippen LogP contribution in [0.2, 0.25) is 0 Å². The van der Waals surface area contributed by atoms with Crippen LogP contribution in [0.3, 0.4) is 0 Å². The largest absolute Gasteiger partial charge is 0.473 e. The summed E-state index contributed by atoms with van der Waals surface area (Å²) < 4.78 is 5.84. The van der Waals surface area contributed by atoms with Crippen LogP contribution in [0, 0.1) is 5.92 Å². The molecule has 1 N–H and O–H groups in total. The molecule has 0 saturated heterocycles. The van der Waals surface area contributed by atoms with Crippen molar-refractivity contribution in [2.45, 2.75) is 69.9 Å². The number of hydrogen-bond acceptors (Lipinski definition) is 4. The lowest BCUT2D eigenvalue weighted by atomic mass is 9.87. The van der Waals surface area contributed by atoms with Crippen molar-refractivity contribution in [1.82, 2.24) is 15.3 Å². The number of carbonyl (C=O) groups is 1. The van der Waals surface area contributed by atoms with Gasteiger partial charge in [-0.1, -0.05) is 19.3 Å². The average molecular weight is 303 g/mol. The van der Waals surface area contributed by atoms with Gasteiger partial charge in [0.1, 0.15) is 6.10 Å². The fraction of sp³-hybridized carbons (Fsp3) is 0.706. The van der Waals surface area contributed by atoms with Crippen LogP contribution in [-0.2, 0) is 4.79 Å². The molecule has 22 heavy (non-hydrogen) atoms. The Balaban J connectivity index is 1.40. The summed E-state index contributed by atoms with van der Waals surface area (Å²) >= 11 is 0. The van der Waals surface area contributed by atoms with Crippen molar-refractivity contribution in [1.29, 1.82) is 0 Å². The second-order valence-electron chi connectivity index (χ2n) is 6.48. The fourth-order valence-corrected chi connectivity index (χ4v) is 3.53. The average Bonchev–Trinajstić information content (AvgIpc) is 2.58. The molecule has 0 radical (unpaired) electrons. The third kappa shape index (κ3) is 4.18. The summed E-state index contributed by atoms with van der Waals surface area (Å²) in [6, 6.07) is 0.316. The minimum atomic E-state index is 0.194. The summed E-state index contributed by atoms with van der Waals surface area (Å²) in [6.07, 6.45) is 14.9. The molecule has 0 aliphatic heterocycles. The Bertz CT molecular complexity index is 466. The lowest BCUT2D eigenvalue weighted by molar-refractivity contribution is -0.127. The molecule has 1 heterocycles. The van der Waals surface area contributed by atoms with Gasteiger partial charge in [-0.2, -0.15) is 0 Å². The summed E-state index contributed by atoms with van der Waals surface area (Å²) in [5.41, 5.74) is 0. The molecule has 0 bridgehead atoms. The number of amides is 1. The molecule has 0 aromatic carbocycles. The van der Waals surface area contributed by atoms with Gasteiger partial charge in [-0.05, 0) is 38.5 Å². The number of hydrogen-bond donors (Lipinski definition) is 1. The third-order valence-electron chi connectivity index (χ3n) is 4.82. The minimum Gasteiger partial charge on any atom is -0.473 e. The maximum absolute atomic E-state index is 12.3. The first-order valence-electron chi connectivity index (χ1n) is 8.54. The lowest BCUT2D eigenvalue weighted by Crippen LogP contribution is -2.42. The van der Waals surface area contributed by atoms with E-state index in [4.69, 9.17) is 4.74 Å². The van der Waals surface area contributed by atoms with Crippen molar-refractivity contribution in [2.75, 3.05) is 0 Å². The van der Waals surface area contributed by atoms with Gasteiger partial charge in [0.25, 0.3) is 0 Å². The maximum atomic E-state index is 12.3. The van der Waals surface area contributed by atoms with Crippen LogP contribution < -0.4 is 10.1 Å². The number of rotatable bonds is 4. The highest BCUT2D eigenvalue weighted by atomic mass is 16.5. The van der Waals surface area contributed by atoms with Crippen molar-refractivity contribution in [3.8, 4) is 5.88 Å². The fourth-order valence-electron chi connectivity index (χ4n) is 3.53. The Labute approximate surface area is 131 Å². The number of ether oxygens (including phenoxy) is 1. The Hall–Kier alpha value is -1.65. The predicted octanol–water partition coefficient (Wildman–Crippen LogP) is 2.86. The monoisotopic (exact) mass is 303 g/mol. The molecule has 1 amide bonds. The van der Waals surface area contributed by atoms with Gasteiger partial charge in [0.2, 0.25) is 11.8 Å². The topological polar surface area (TPSA) is 64.1 Å². The Morgan fingerprint density at radius 3 is 2.50 bits per heavy atom. The standard InChI is InChI=1S/C17H25N3O2/c21-17(13-4-2-1-3-5-13)20-14-6-8-15(9-7-14)22-16-12-18-10-11-19-16/h10-15H,1-9H2,(H,20,21). The van der Waals surface area contributed by atoms with Crippen LogP contribution in [-0.4, -0.2) is 28.0 Å². The lowest BCUT2D eigenvalue weighted by Gasteiger charge is -2.30. The second-order valence-corrected chi connectivity index (χ2v) is 6.48. The van der Waals surface area contributed by atoms with Crippen molar-refractivity contribution in [3.05, 3.63) is 18.6 Å². The Morgan fingerprint density at radius 1 is 1.05 bits per heavy atom. The molecule has 0 atom stereocenters. The number of nitrogens with one attached hydrogen (secondary N) is 1. The molecule has 1 aromatic heterocycles. The van der Waals surface area contributed by atoms with Gasteiger partial charge < -0.3 is 10.1 Å². The zero-order chi connectivity index (χ0) is 15.2. The Kier molecular flexibility index (Phi) is 5.24. The summed E-state index contributed by atoms with van der Waals surface area (Å²) in [7, 11) is 0. The first-order valence-corrected chi connectivity index (χ1v) is 8.54. The third-order valence-corrected chi connectivity index (χ3v) is 4.82. The normalized spacial score (nSPS) is 26.4. The molecule has 5 nitrogen and oxygen atoms in total. The molecule has 120 valence electrons. The van der Waals surface area contributed by atoms with Gasteiger partial charge >= 0.3 is 0 Å². The van der Waals surface area contributed by atoms with E-state index in [2.05, 4.69) is 15.3 Å². The molecule has 5 heteroatoms. The van der Waals surface area contributed by atoms with Gasteiger partial charge in [0.15, 0.2) is 0 Å². The van der Waals surface area contributed by atoms with Crippen molar-refractivity contribution >= 4 is 5.91 Å². The molecule has 2 fully saturated rings. The molecule has 2 aliphatic carbocycles. The summed E-state index contributed by atoms with van der Waals surface area (Å²) in [4.78, 5) is 20.4. The molecular formula is C17H25N3O2. The van der Waals surface area contributed by atoms with Gasteiger partial charge in [0.05, 0.1) is 6.20 Å². The zero-order valence-electron chi connectivity index (χ0n) is 13.0. The highest BCUT2D eigenvalue weighted by Gasteiger charge is 2.27. The molecule has 2 saturated carbocycles. The summed E-state index contributed by atoms with van der Waals surface area (Å²) in [6.45, 7) is 0. The highest BCUT2D eigenvalue weighted by Crippen LogP contribution is 2.26. The van der Waals surface area contributed by atoms with Gasteiger partial charge in [-0.3, -0.25) is 9.78 Å². The van der Waals surface area contributed by atoms with Crippen molar-refractivity contribution in [2.24, 2.45) is 5.92 Å². The van der Waals surface area contributed by atoms with E-state index in [1.54, 1.807) is 18.6 Å². The smallest absolute Gasteiger partial charge is 0.232 e. The van der Waals surface area contributed by atoms with Crippen LogP contribution in [0.25, 0.3) is 0 Å². The highest BCUT2D eigenvalue weighted by molar-refractivity contribution is 5.79. The van der Waals surface area contributed by atoms with E-state index in [1.165, 1.54) is 19.3 Å². The predicted molar refractivity (Wildman–Crippen MR) is 83.4 cm³/mol. The number of aromatic nitrogens is 2. The molecular weight excluding hydrogens is 278 g/mol. The van der Waals surface area contributed by atoms with Crippen LogP contribution in [0.15, 0.2) is 18.6 Å². The van der Waals surface area contributed by atoms with Crippen LogP contribution >= 0.6 is 0 Å². The molecule has 2 aliphatic rings. The first kappa shape index (κ1) is 15.3. The zero-order valence-corrected chi connectivity index (χ0v) is 13.0. The second kappa shape index (κ2) is 7.56. The molecule has 3 rings (SSSR count). The van der Waals surface area contributed by atoms with E-state index >= 15 is 0 Å². The van der Waals surface area contributed by atoms with Crippen LogP contribution in [0.1, 0.15) is 57.8 Å². The van der Waals surface area contributed by atoms with Crippen LogP contribution in [0.4, 0.5) is 0 Å². The minimum absolute atomic E-state index is 0.194. The van der Waals surface area contributed by atoms with E-state index in [-0.39, 0.29) is 17.9 Å². The quantitative estimate of drug-likeness (QED) is 0.929. The summed E-state index contributed by atoms with van der Waals surface area (Å²) in [5.74, 6) is 1.12. The van der Waals surface area contributed by atoms with Crippen molar-refractivity contribution in [3.63, 3.8) is 0 Å². The first-order chi connectivity index (χ1) is 10.8. The van der Waals surface area contributed by atoms with Crippen LogP contribution in [0.5, 0.6) is 5.88 Å². The van der Waals surface area contributed by atoms with Gasteiger partial charge in [-0.25, -0.2) is 4.98 Å². The Morgan fingerprint density at radius 2 is 1.82 bits per heavy atom. The van der Waals surface area contributed by atoms with E-state index in [0.717, 1.165) is 38.5 Å². The van der Waals surface area contributed by atoms with E-state index < -0.39 is 0 Å². The number of nitrogens with zero attached hydrogens (tertiary/aromatic N) is 2. The van der Waals surface area contributed by atoms with Gasteiger partial charge in [0, 0.05) is 24.4 Å². The van der Waals surface area contributed by atoms with E-state index in [9.17, 15) is 4.79 Å². The number of carbonyl (C=O) groups excluding carboxylic acids is 1. The molecule has 0 spiro atoms. The maximum Gasteiger partial charge on any atom is 0.232 e. The SMILES string of the molecule is O=C(NC1CCC(Oc2cnccn2)CC1)C1CCCCC1. The molecule has 1 aromatic rings. The van der Waals surface area contributed by atoms with E-state index in [1.807, 2.05) is 0 Å².